The van der Waals surface area contributed by atoms with Gasteiger partial charge in [-0.25, -0.2) is 4.39 Å². The topological polar surface area (TPSA) is 81.4 Å². The summed E-state index contributed by atoms with van der Waals surface area (Å²) in [6, 6.07) is 17.1. The van der Waals surface area contributed by atoms with Gasteiger partial charge in [-0.15, -0.1) is 5.10 Å². The van der Waals surface area contributed by atoms with E-state index in [1.807, 2.05) is 12.1 Å². The molecule has 0 saturated heterocycles. The number of carbonyl (C=O) groups excluding carboxylic acids is 1. The fraction of sp³-hybridized carbons (Fsp3) is 0.100. The van der Waals surface area contributed by atoms with E-state index in [1.165, 1.54) is 10.6 Å². The van der Waals surface area contributed by atoms with Gasteiger partial charge in [-0.3, -0.25) is 4.79 Å². The number of rotatable bonds is 6. The number of halogens is 1. The standard InChI is InChI=1S/C20H16FN5O2/c21-18-6-2-1-4-15(18)13-28-16-9-7-14(8-10-16)12-22-20(27)17-5-3-11-26-19(17)23-24-25-26/h1-11H,12-13H2,(H,22,27). The highest BCUT2D eigenvalue weighted by atomic mass is 19.1. The van der Waals surface area contributed by atoms with Gasteiger partial charge in [0.15, 0.2) is 5.65 Å². The number of benzene rings is 2. The summed E-state index contributed by atoms with van der Waals surface area (Å²) in [5.74, 6) is 0.0673. The molecule has 0 unspecified atom stereocenters. The van der Waals surface area contributed by atoms with Crippen LogP contribution in [0.2, 0.25) is 0 Å². The highest BCUT2D eigenvalue weighted by Crippen LogP contribution is 2.16. The Morgan fingerprint density at radius 1 is 1.07 bits per heavy atom. The fourth-order valence-corrected chi connectivity index (χ4v) is 2.70. The monoisotopic (exact) mass is 377 g/mol. The molecule has 1 amide bonds. The minimum Gasteiger partial charge on any atom is -0.489 e. The van der Waals surface area contributed by atoms with Gasteiger partial charge in [0.1, 0.15) is 18.2 Å². The second kappa shape index (κ2) is 7.83. The minimum atomic E-state index is -0.292. The Morgan fingerprint density at radius 2 is 1.89 bits per heavy atom. The van der Waals surface area contributed by atoms with Gasteiger partial charge in [-0.1, -0.05) is 30.3 Å². The molecule has 2 heterocycles. The summed E-state index contributed by atoms with van der Waals surface area (Å²) >= 11 is 0. The molecule has 0 spiro atoms. The van der Waals surface area contributed by atoms with Crippen LogP contribution in [0.5, 0.6) is 5.75 Å². The summed E-state index contributed by atoms with van der Waals surface area (Å²) in [6.45, 7) is 0.494. The predicted octanol–water partition coefficient (Wildman–Crippen LogP) is 2.77. The van der Waals surface area contributed by atoms with Gasteiger partial charge < -0.3 is 10.1 Å². The molecule has 0 aliphatic rings. The molecule has 1 N–H and O–H groups in total. The molecule has 0 aliphatic carbocycles. The lowest BCUT2D eigenvalue weighted by Gasteiger charge is -2.09. The first kappa shape index (κ1) is 17.6. The predicted molar refractivity (Wildman–Crippen MR) is 99.1 cm³/mol. The van der Waals surface area contributed by atoms with Gasteiger partial charge in [-0.05, 0) is 46.3 Å². The average Bonchev–Trinajstić information content (AvgIpc) is 3.21. The van der Waals surface area contributed by atoms with Crippen molar-refractivity contribution in [2.75, 3.05) is 0 Å². The average molecular weight is 377 g/mol. The van der Waals surface area contributed by atoms with Crippen LogP contribution in [0.1, 0.15) is 21.5 Å². The van der Waals surface area contributed by atoms with E-state index in [0.717, 1.165) is 5.56 Å². The van der Waals surface area contributed by atoms with Crippen LogP contribution < -0.4 is 10.1 Å². The van der Waals surface area contributed by atoms with E-state index in [1.54, 1.807) is 48.7 Å². The number of amides is 1. The van der Waals surface area contributed by atoms with Crippen molar-refractivity contribution in [1.29, 1.82) is 0 Å². The maximum absolute atomic E-state index is 13.6. The molecule has 4 aromatic rings. The lowest BCUT2D eigenvalue weighted by Crippen LogP contribution is -2.23. The number of pyridine rings is 1. The van der Waals surface area contributed by atoms with Crippen molar-refractivity contribution >= 4 is 11.6 Å². The number of aromatic nitrogens is 4. The Labute approximate surface area is 159 Å². The summed E-state index contributed by atoms with van der Waals surface area (Å²) in [5, 5.41) is 14.0. The molecule has 0 radical (unpaired) electrons. The molecule has 0 saturated carbocycles. The largest absolute Gasteiger partial charge is 0.489 e. The molecule has 28 heavy (non-hydrogen) atoms. The summed E-state index contributed by atoms with van der Waals surface area (Å²) in [4.78, 5) is 12.4. The second-order valence-corrected chi connectivity index (χ2v) is 6.08. The summed E-state index contributed by atoms with van der Waals surface area (Å²) in [6.07, 6.45) is 1.67. The van der Waals surface area contributed by atoms with Gasteiger partial charge in [0, 0.05) is 18.3 Å². The summed E-state index contributed by atoms with van der Waals surface area (Å²) in [7, 11) is 0. The third kappa shape index (κ3) is 3.80. The van der Waals surface area contributed by atoms with Crippen molar-refractivity contribution in [3.8, 4) is 5.75 Å². The number of ether oxygens (including phenoxy) is 1. The van der Waals surface area contributed by atoms with E-state index in [2.05, 4.69) is 20.8 Å². The van der Waals surface area contributed by atoms with Crippen LogP contribution in [0, 0.1) is 5.82 Å². The Balaban J connectivity index is 1.35. The highest BCUT2D eigenvalue weighted by molar-refractivity contribution is 5.99. The molecule has 0 bridgehead atoms. The second-order valence-electron chi connectivity index (χ2n) is 6.08. The number of hydrogen-bond acceptors (Lipinski definition) is 5. The first-order valence-corrected chi connectivity index (χ1v) is 8.61. The number of hydrogen-bond donors (Lipinski definition) is 1. The number of fused-ring (bicyclic) bond motifs is 1. The normalized spacial score (nSPS) is 10.8. The van der Waals surface area contributed by atoms with Crippen molar-refractivity contribution in [3.63, 3.8) is 0 Å². The Bertz CT molecular complexity index is 1110. The van der Waals surface area contributed by atoms with Crippen LogP contribution in [0.3, 0.4) is 0 Å². The fourth-order valence-electron chi connectivity index (χ4n) is 2.70. The van der Waals surface area contributed by atoms with Crippen LogP contribution in [-0.4, -0.2) is 25.9 Å². The van der Waals surface area contributed by atoms with Crippen LogP contribution in [0.25, 0.3) is 5.65 Å². The van der Waals surface area contributed by atoms with Crippen LogP contribution in [0.15, 0.2) is 66.9 Å². The van der Waals surface area contributed by atoms with Crippen molar-refractivity contribution in [3.05, 3.63) is 89.4 Å². The molecule has 7 nitrogen and oxygen atoms in total. The maximum atomic E-state index is 13.6. The Hall–Kier alpha value is -3.81. The van der Waals surface area contributed by atoms with Gasteiger partial charge in [0.05, 0.1) is 5.56 Å². The van der Waals surface area contributed by atoms with Gasteiger partial charge >= 0.3 is 0 Å². The van der Waals surface area contributed by atoms with E-state index in [-0.39, 0.29) is 18.3 Å². The molecule has 8 heteroatoms. The van der Waals surface area contributed by atoms with Crippen molar-refractivity contribution in [2.24, 2.45) is 0 Å². The van der Waals surface area contributed by atoms with Gasteiger partial charge in [0.2, 0.25) is 0 Å². The highest BCUT2D eigenvalue weighted by Gasteiger charge is 2.12. The molecule has 140 valence electrons. The zero-order valence-corrected chi connectivity index (χ0v) is 14.7. The van der Waals surface area contributed by atoms with Crippen molar-refractivity contribution in [2.45, 2.75) is 13.2 Å². The van der Waals surface area contributed by atoms with Crippen LogP contribution in [0.4, 0.5) is 4.39 Å². The molecule has 2 aromatic carbocycles. The molecule has 0 aliphatic heterocycles. The van der Waals surface area contributed by atoms with Crippen molar-refractivity contribution in [1.82, 2.24) is 25.4 Å². The zero-order valence-electron chi connectivity index (χ0n) is 14.7. The summed E-state index contributed by atoms with van der Waals surface area (Å²) < 4.78 is 20.7. The van der Waals surface area contributed by atoms with Gasteiger partial charge in [-0.2, -0.15) is 4.52 Å². The summed E-state index contributed by atoms with van der Waals surface area (Å²) in [5.41, 5.74) is 2.20. The number of tetrazole rings is 1. The minimum absolute atomic E-state index is 0.152. The molecular weight excluding hydrogens is 361 g/mol. The molecule has 2 aromatic heterocycles. The zero-order chi connectivity index (χ0) is 19.3. The number of carbonyl (C=O) groups is 1. The quantitative estimate of drug-likeness (QED) is 0.559. The van der Waals surface area contributed by atoms with Crippen LogP contribution in [-0.2, 0) is 13.2 Å². The third-order valence-electron chi connectivity index (χ3n) is 4.20. The molecule has 0 fully saturated rings. The molecule has 0 atom stereocenters. The smallest absolute Gasteiger partial charge is 0.255 e. The first-order valence-electron chi connectivity index (χ1n) is 8.61. The molecule has 4 rings (SSSR count). The lowest BCUT2D eigenvalue weighted by atomic mass is 10.2. The SMILES string of the molecule is O=C(NCc1ccc(OCc2ccccc2F)cc1)c1cccn2nnnc12. The van der Waals surface area contributed by atoms with E-state index in [4.69, 9.17) is 4.74 Å². The van der Waals surface area contributed by atoms with E-state index >= 15 is 0 Å². The maximum Gasteiger partial charge on any atom is 0.255 e. The van der Waals surface area contributed by atoms with E-state index in [0.29, 0.717) is 29.1 Å². The van der Waals surface area contributed by atoms with Gasteiger partial charge in [0.25, 0.3) is 5.91 Å². The lowest BCUT2D eigenvalue weighted by molar-refractivity contribution is 0.0952. The number of nitrogens with zero attached hydrogens (tertiary/aromatic N) is 4. The van der Waals surface area contributed by atoms with Crippen molar-refractivity contribution < 1.29 is 13.9 Å². The van der Waals surface area contributed by atoms with E-state index in [9.17, 15) is 9.18 Å². The van der Waals surface area contributed by atoms with E-state index < -0.39 is 0 Å². The number of nitrogens with one attached hydrogen (secondary N) is 1. The Morgan fingerprint density at radius 3 is 2.71 bits per heavy atom. The Kier molecular flexibility index (Phi) is 4.92. The first-order chi connectivity index (χ1) is 13.7. The third-order valence-corrected chi connectivity index (χ3v) is 4.20. The molecular formula is C20H16FN5O2. The van der Waals surface area contributed by atoms with Crippen LogP contribution >= 0.6 is 0 Å².